The molecule has 21 heavy (non-hydrogen) atoms. The molecule has 0 saturated carbocycles. The van der Waals surface area contributed by atoms with E-state index in [2.05, 4.69) is 15.2 Å². The van der Waals surface area contributed by atoms with Gasteiger partial charge in [-0.1, -0.05) is 0 Å². The minimum atomic E-state index is -0.546. The van der Waals surface area contributed by atoms with Crippen LogP contribution in [0.1, 0.15) is 0 Å². The smallest absolute Gasteiger partial charge is 0.323 e. The first kappa shape index (κ1) is 16.2. The van der Waals surface area contributed by atoms with Crippen molar-refractivity contribution in [2.75, 3.05) is 72.6 Å². The topological polar surface area (TPSA) is 79.4 Å². The van der Waals surface area contributed by atoms with Crippen LogP contribution in [0.4, 0.5) is 0 Å². The van der Waals surface area contributed by atoms with Gasteiger partial charge in [0.15, 0.2) is 0 Å². The van der Waals surface area contributed by atoms with Crippen molar-refractivity contribution in [3.05, 3.63) is 0 Å². The number of carbonyl (C=O) groups is 2. The van der Waals surface area contributed by atoms with E-state index in [1.807, 2.05) is 12.1 Å². The summed E-state index contributed by atoms with van der Waals surface area (Å²) in [5.41, 5.74) is 2.70. The number of carbonyl (C=O) groups excluding carboxylic acids is 2. The first-order chi connectivity index (χ1) is 10.1. The highest BCUT2D eigenvalue weighted by molar-refractivity contribution is 6.34. The van der Waals surface area contributed by atoms with Gasteiger partial charge in [0.1, 0.15) is 0 Å². The number of aliphatic hydroxyl groups is 1. The lowest BCUT2D eigenvalue weighted by molar-refractivity contribution is -0.150. The summed E-state index contributed by atoms with van der Waals surface area (Å²) in [6.45, 7) is 6.46. The van der Waals surface area contributed by atoms with Crippen LogP contribution in [0.3, 0.4) is 0 Å². The van der Waals surface area contributed by atoms with Crippen LogP contribution in [-0.4, -0.2) is 109 Å². The van der Waals surface area contributed by atoms with Crippen molar-refractivity contribution < 1.29 is 14.7 Å². The van der Waals surface area contributed by atoms with Crippen LogP contribution in [-0.2, 0) is 9.59 Å². The van der Waals surface area contributed by atoms with Gasteiger partial charge in [0, 0.05) is 58.9 Å². The standard InChI is InChI=1S/C13H25N5O3/c1-15-2-8-18(9-3-15)14-12(20)13(21)17-6-4-16(5-7-17)10-11-19/h19H,2-11H2,1H3,(H,14,20). The Balaban J connectivity index is 1.74. The van der Waals surface area contributed by atoms with Crippen molar-refractivity contribution in [2.24, 2.45) is 0 Å². The van der Waals surface area contributed by atoms with E-state index in [4.69, 9.17) is 5.11 Å². The Morgan fingerprint density at radius 1 is 1.00 bits per heavy atom. The third-order valence-corrected chi connectivity index (χ3v) is 4.03. The maximum Gasteiger partial charge on any atom is 0.323 e. The molecule has 2 heterocycles. The van der Waals surface area contributed by atoms with Gasteiger partial charge in [0.25, 0.3) is 0 Å². The molecule has 8 heteroatoms. The maximum absolute atomic E-state index is 12.1. The molecular formula is C13H25N5O3. The van der Waals surface area contributed by atoms with E-state index in [-0.39, 0.29) is 6.61 Å². The number of β-amino-alcohol motifs (C(OH)–C–C–N with tert-alkyl or cyclic N) is 1. The largest absolute Gasteiger partial charge is 0.395 e. The predicted octanol–water partition coefficient (Wildman–Crippen LogP) is -2.60. The molecule has 0 aliphatic carbocycles. The van der Waals surface area contributed by atoms with Crippen LogP contribution < -0.4 is 5.43 Å². The van der Waals surface area contributed by atoms with Crippen molar-refractivity contribution in [3.63, 3.8) is 0 Å². The molecular weight excluding hydrogens is 274 g/mol. The van der Waals surface area contributed by atoms with Crippen molar-refractivity contribution in [1.82, 2.24) is 25.1 Å². The van der Waals surface area contributed by atoms with Crippen LogP contribution in [0, 0.1) is 0 Å². The molecule has 2 aliphatic rings. The fraction of sp³-hybridized carbons (Fsp3) is 0.846. The van der Waals surface area contributed by atoms with E-state index < -0.39 is 11.8 Å². The molecule has 0 spiro atoms. The van der Waals surface area contributed by atoms with Gasteiger partial charge in [-0.25, -0.2) is 5.01 Å². The average molecular weight is 299 g/mol. The Kier molecular flexibility index (Phi) is 5.92. The summed E-state index contributed by atoms with van der Waals surface area (Å²) in [7, 11) is 2.04. The zero-order valence-electron chi connectivity index (χ0n) is 12.6. The van der Waals surface area contributed by atoms with Crippen LogP contribution in [0.25, 0.3) is 0 Å². The van der Waals surface area contributed by atoms with E-state index in [1.165, 1.54) is 0 Å². The number of nitrogens with zero attached hydrogens (tertiary/aromatic N) is 4. The van der Waals surface area contributed by atoms with Crippen molar-refractivity contribution in [2.45, 2.75) is 0 Å². The van der Waals surface area contributed by atoms with Gasteiger partial charge in [-0.05, 0) is 7.05 Å². The molecule has 0 atom stereocenters. The van der Waals surface area contributed by atoms with Gasteiger partial charge < -0.3 is 14.9 Å². The SMILES string of the molecule is CN1CCN(NC(=O)C(=O)N2CCN(CCO)CC2)CC1. The van der Waals surface area contributed by atoms with E-state index in [1.54, 1.807) is 4.90 Å². The number of aliphatic hydroxyl groups excluding tert-OH is 1. The molecule has 120 valence electrons. The lowest BCUT2D eigenvalue weighted by Gasteiger charge is -2.35. The van der Waals surface area contributed by atoms with Gasteiger partial charge in [-0.15, -0.1) is 0 Å². The molecule has 0 radical (unpaired) electrons. The van der Waals surface area contributed by atoms with Crippen LogP contribution in [0.5, 0.6) is 0 Å². The number of nitrogens with one attached hydrogen (secondary N) is 1. The number of piperazine rings is 2. The number of hydrazine groups is 1. The summed E-state index contributed by atoms with van der Waals surface area (Å²) in [5, 5.41) is 10.7. The lowest BCUT2D eigenvalue weighted by Crippen LogP contribution is -2.58. The highest BCUT2D eigenvalue weighted by Gasteiger charge is 2.27. The Morgan fingerprint density at radius 2 is 1.62 bits per heavy atom. The molecule has 2 aliphatic heterocycles. The summed E-state index contributed by atoms with van der Waals surface area (Å²) in [6.07, 6.45) is 0. The number of rotatable bonds is 3. The Labute approximate surface area is 125 Å². The Hall–Kier alpha value is -1.22. The fourth-order valence-corrected chi connectivity index (χ4v) is 2.57. The van der Waals surface area contributed by atoms with Crippen LogP contribution >= 0.6 is 0 Å². The zero-order chi connectivity index (χ0) is 15.2. The second-order valence-electron chi connectivity index (χ2n) is 5.59. The highest BCUT2D eigenvalue weighted by atomic mass is 16.3. The minimum absolute atomic E-state index is 0.123. The van der Waals surface area contributed by atoms with E-state index in [0.29, 0.717) is 32.7 Å². The molecule has 0 aromatic rings. The molecule has 2 amide bonds. The van der Waals surface area contributed by atoms with Crippen molar-refractivity contribution >= 4 is 11.8 Å². The molecule has 0 aromatic heterocycles. The molecule has 8 nitrogen and oxygen atoms in total. The summed E-state index contributed by atoms with van der Waals surface area (Å²) in [5.74, 6) is -1.01. The fourth-order valence-electron chi connectivity index (χ4n) is 2.57. The van der Waals surface area contributed by atoms with Gasteiger partial charge in [0.05, 0.1) is 6.61 Å². The zero-order valence-corrected chi connectivity index (χ0v) is 12.6. The van der Waals surface area contributed by atoms with Crippen molar-refractivity contribution in [1.29, 1.82) is 0 Å². The number of amides is 2. The first-order valence-electron chi connectivity index (χ1n) is 7.46. The third-order valence-electron chi connectivity index (χ3n) is 4.03. The maximum atomic E-state index is 12.1. The number of likely N-dealkylation sites (N-methyl/N-ethyl adjacent to an activating group) is 1. The Bertz CT molecular complexity index is 363. The predicted molar refractivity (Wildman–Crippen MR) is 77.3 cm³/mol. The van der Waals surface area contributed by atoms with Crippen LogP contribution in [0.15, 0.2) is 0 Å². The monoisotopic (exact) mass is 299 g/mol. The molecule has 2 N–H and O–H groups in total. The molecule has 0 unspecified atom stereocenters. The first-order valence-corrected chi connectivity index (χ1v) is 7.46. The summed E-state index contributed by atoms with van der Waals surface area (Å²) >= 11 is 0. The van der Waals surface area contributed by atoms with Crippen molar-refractivity contribution in [3.8, 4) is 0 Å². The van der Waals surface area contributed by atoms with E-state index >= 15 is 0 Å². The van der Waals surface area contributed by atoms with E-state index in [0.717, 1.165) is 26.2 Å². The number of hydrogen-bond acceptors (Lipinski definition) is 6. The Morgan fingerprint density at radius 3 is 2.19 bits per heavy atom. The number of hydrogen-bond donors (Lipinski definition) is 2. The summed E-state index contributed by atoms with van der Waals surface area (Å²) in [4.78, 5) is 30.0. The van der Waals surface area contributed by atoms with E-state index in [9.17, 15) is 9.59 Å². The van der Waals surface area contributed by atoms with Gasteiger partial charge >= 0.3 is 11.8 Å². The molecule has 2 fully saturated rings. The second kappa shape index (κ2) is 7.69. The minimum Gasteiger partial charge on any atom is -0.395 e. The molecule has 2 rings (SSSR count). The van der Waals surface area contributed by atoms with Gasteiger partial charge in [0.2, 0.25) is 0 Å². The normalized spacial score (nSPS) is 22.3. The average Bonchev–Trinajstić information content (AvgIpc) is 2.50. The lowest BCUT2D eigenvalue weighted by atomic mass is 10.3. The van der Waals surface area contributed by atoms with Gasteiger partial charge in [-0.2, -0.15) is 0 Å². The highest BCUT2D eigenvalue weighted by Crippen LogP contribution is 2.02. The summed E-state index contributed by atoms with van der Waals surface area (Å²) < 4.78 is 0. The quantitative estimate of drug-likeness (QED) is 0.557. The molecule has 0 aromatic carbocycles. The molecule has 2 saturated heterocycles. The van der Waals surface area contributed by atoms with Gasteiger partial charge in [-0.3, -0.25) is 19.9 Å². The summed E-state index contributed by atoms with van der Waals surface area (Å²) in [6, 6.07) is 0. The molecule has 0 bridgehead atoms. The van der Waals surface area contributed by atoms with Crippen LogP contribution in [0.2, 0.25) is 0 Å². The second-order valence-corrected chi connectivity index (χ2v) is 5.59. The third kappa shape index (κ3) is 4.63.